The molecule has 0 saturated heterocycles. The van der Waals surface area contributed by atoms with E-state index in [1.165, 1.54) is 6.08 Å². The summed E-state index contributed by atoms with van der Waals surface area (Å²) in [7, 11) is 0. The Hall–Kier alpha value is -3.16. The number of anilines is 2. The van der Waals surface area contributed by atoms with Crippen molar-refractivity contribution < 1.29 is 19.5 Å². The molecule has 1 aliphatic heterocycles. The first kappa shape index (κ1) is 18.6. The third-order valence-electron chi connectivity index (χ3n) is 3.84. The third-order valence-corrected chi connectivity index (χ3v) is 4.09. The maximum atomic E-state index is 12.4. The number of rotatable bonds is 6. The molecule has 0 bridgehead atoms. The first-order valence-electron chi connectivity index (χ1n) is 8.10. The number of β-amino-alcohol motifs (C(OH)–C–C–N with tert-alkyl or cyclic N) is 1. The molecule has 2 aromatic rings. The van der Waals surface area contributed by atoms with Gasteiger partial charge < -0.3 is 15.7 Å². The SMILES string of the molecule is O=C(Nc1ccc(Cl)cc1)c1cccc(NC2=CC(=O)N(CCO)C2=O)c1. The van der Waals surface area contributed by atoms with Gasteiger partial charge in [-0.15, -0.1) is 0 Å². The Kier molecular flexibility index (Phi) is 5.54. The van der Waals surface area contributed by atoms with E-state index in [1.54, 1.807) is 48.5 Å². The van der Waals surface area contributed by atoms with E-state index in [9.17, 15) is 14.4 Å². The average Bonchev–Trinajstić information content (AvgIpc) is 2.91. The summed E-state index contributed by atoms with van der Waals surface area (Å²) < 4.78 is 0. The van der Waals surface area contributed by atoms with Crippen LogP contribution in [0.15, 0.2) is 60.3 Å². The molecule has 3 N–H and O–H groups in total. The molecule has 0 aliphatic carbocycles. The molecule has 0 unspecified atom stereocenters. The second-order valence-electron chi connectivity index (χ2n) is 5.74. The summed E-state index contributed by atoms with van der Waals surface area (Å²) in [5, 5.41) is 15.1. The minimum atomic E-state index is -0.523. The number of aliphatic hydroxyl groups excluding tert-OH is 1. The van der Waals surface area contributed by atoms with Crippen LogP contribution in [0.3, 0.4) is 0 Å². The van der Waals surface area contributed by atoms with E-state index in [0.717, 1.165) is 4.90 Å². The first-order chi connectivity index (χ1) is 13.0. The Morgan fingerprint density at radius 2 is 1.81 bits per heavy atom. The van der Waals surface area contributed by atoms with Gasteiger partial charge in [0.15, 0.2) is 0 Å². The lowest BCUT2D eigenvalue weighted by atomic mass is 10.1. The number of nitrogens with one attached hydrogen (secondary N) is 2. The zero-order valence-corrected chi connectivity index (χ0v) is 14.9. The Bertz CT molecular complexity index is 925. The average molecular weight is 386 g/mol. The van der Waals surface area contributed by atoms with Crippen molar-refractivity contribution in [3.05, 3.63) is 70.9 Å². The second-order valence-corrected chi connectivity index (χ2v) is 6.18. The molecule has 0 fully saturated rings. The topological polar surface area (TPSA) is 98.7 Å². The van der Waals surface area contributed by atoms with E-state index < -0.39 is 11.8 Å². The van der Waals surface area contributed by atoms with Crippen molar-refractivity contribution in [2.75, 3.05) is 23.8 Å². The molecule has 0 spiro atoms. The maximum Gasteiger partial charge on any atom is 0.277 e. The molecule has 7 nitrogen and oxygen atoms in total. The Labute approximate surface area is 160 Å². The lowest BCUT2D eigenvalue weighted by Gasteiger charge is -2.13. The molecular weight excluding hydrogens is 370 g/mol. The van der Waals surface area contributed by atoms with Gasteiger partial charge in [0.1, 0.15) is 5.70 Å². The molecule has 27 heavy (non-hydrogen) atoms. The molecule has 2 aromatic carbocycles. The molecular formula is C19H16ClN3O4. The maximum absolute atomic E-state index is 12.4. The van der Waals surface area contributed by atoms with Crippen molar-refractivity contribution >= 4 is 40.7 Å². The van der Waals surface area contributed by atoms with Gasteiger partial charge in [0.2, 0.25) is 0 Å². The normalized spacial score (nSPS) is 13.6. The highest BCUT2D eigenvalue weighted by molar-refractivity contribution is 6.30. The fourth-order valence-electron chi connectivity index (χ4n) is 2.54. The molecule has 1 heterocycles. The van der Waals surface area contributed by atoms with Crippen LogP contribution in [-0.2, 0) is 9.59 Å². The smallest absolute Gasteiger partial charge is 0.277 e. The number of nitrogens with zero attached hydrogens (tertiary/aromatic N) is 1. The van der Waals surface area contributed by atoms with Crippen LogP contribution in [0, 0.1) is 0 Å². The summed E-state index contributed by atoms with van der Waals surface area (Å²) >= 11 is 5.82. The molecule has 0 atom stereocenters. The highest BCUT2D eigenvalue weighted by Gasteiger charge is 2.30. The Morgan fingerprint density at radius 3 is 2.52 bits per heavy atom. The summed E-state index contributed by atoms with van der Waals surface area (Å²) in [4.78, 5) is 37.3. The van der Waals surface area contributed by atoms with Gasteiger partial charge in [-0.3, -0.25) is 19.3 Å². The van der Waals surface area contributed by atoms with Crippen LogP contribution in [-0.4, -0.2) is 40.9 Å². The van der Waals surface area contributed by atoms with Crippen molar-refractivity contribution in [3.63, 3.8) is 0 Å². The highest BCUT2D eigenvalue weighted by Crippen LogP contribution is 2.19. The fourth-order valence-corrected chi connectivity index (χ4v) is 2.67. The largest absolute Gasteiger partial charge is 0.395 e. The summed E-state index contributed by atoms with van der Waals surface area (Å²) in [6.07, 6.45) is 1.17. The molecule has 0 saturated carbocycles. The van der Waals surface area contributed by atoms with Gasteiger partial charge in [0.05, 0.1) is 13.2 Å². The van der Waals surface area contributed by atoms with Gasteiger partial charge in [0, 0.05) is 28.0 Å². The standard InChI is InChI=1S/C19H16ClN3O4/c20-13-4-6-14(7-5-13)22-18(26)12-2-1-3-15(10-12)21-16-11-17(25)23(8-9-24)19(16)27/h1-7,10-11,21,24H,8-9H2,(H,22,26). The summed E-state index contributed by atoms with van der Waals surface area (Å²) in [6.45, 7) is -0.373. The number of aliphatic hydroxyl groups is 1. The van der Waals surface area contributed by atoms with Crippen molar-refractivity contribution in [1.29, 1.82) is 0 Å². The van der Waals surface area contributed by atoms with E-state index in [0.29, 0.717) is 22.0 Å². The highest BCUT2D eigenvalue weighted by atomic mass is 35.5. The summed E-state index contributed by atoms with van der Waals surface area (Å²) in [5.74, 6) is -1.34. The van der Waals surface area contributed by atoms with Gasteiger partial charge in [-0.05, 0) is 42.5 Å². The van der Waals surface area contributed by atoms with Gasteiger partial charge >= 0.3 is 0 Å². The van der Waals surface area contributed by atoms with Crippen LogP contribution in [0.5, 0.6) is 0 Å². The first-order valence-corrected chi connectivity index (χ1v) is 8.48. The van der Waals surface area contributed by atoms with Crippen molar-refractivity contribution in [3.8, 4) is 0 Å². The van der Waals surface area contributed by atoms with Crippen molar-refractivity contribution in [2.24, 2.45) is 0 Å². The van der Waals surface area contributed by atoms with Crippen molar-refractivity contribution in [1.82, 2.24) is 4.90 Å². The van der Waals surface area contributed by atoms with Gasteiger partial charge in [0.25, 0.3) is 17.7 Å². The predicted octanol–water partition coefficient (Wildman–Crippen LogP) is 2.25. The number of halogens is 1. The van der Waals surface area contributed by atoms with E-state index in [1.807, 2.05) is 0 Å². The number of hydrogen-bond acceptors (Lipinski definition) is 5. The van der Waals surface area contributed by atoms with Crippen LogP contribution in [0.4, 0.5) is 11.4 Å². The van der Waals surface area contributed by atoms with Crippen LogP contribution >= 0.6 is 11.6 Å². The van der Waals surface area contributed by atoms with Gasteiger partial charge in [-0.1, -0.05) is 17.7 Å². The Balaban J connectivity index is 1.71. The van der Waals surface area contributed by atoms with Crippen LogP contribution in [0.1, 0.15) is 10.4 Å². The van der Waals surface area contributed by atoms with Crippen LogP contribution < -0.4 is 10.6 Å². The van der Waals surface area contributed by atoms with E-state index in [2.05, 4.69) is 10.6 Å². The molecule has 1 aliphatic rings. The number of amides is 3. The van der Waals surface area contributed by atoms with Gasteiger partial charge in [-0.25, -0.2) is 0 Å². The molecule has 138 valence electrons. The molecule has 3 amide bonds. The number of benzene rings is 2. The summed E-state index contributed by atoms with van der Waals surface area (Å²) in [5.41, 5.74) is 1.54. The number of carbonyl (C=O) groups is 3. The number of hydrogen-bond donors (Lipinski definition) is 3. The summed E-state index contributed by atoms with van der Waals surface area (Å²) in [6, 6.07) is 13.2. The number of imide groups is 1. The van der Waals surface area contributed by atoms with Crippen LogP contribution in [0.25, 0.3) is 0 Å². The van der Waals surface area contributed by atoms with E-state index >= 15 is 0 Å². The second kappa shape index (κ2) is 8.03. The molecule has 3 rings (SSSR count). The lowest BCUT2D eigenvalue weighted by molar-refractivity contribution is -0.137. The zero-order chi connectivity index (χ0) is 19.4. The monoisotopic (exact) mass is 385 g/mol. The molecule has 0 radical (unpaired) electrons. The van der Waals surface area contributed by atoms with E-state index in [4.69, 9.17) is 16.7 Å². The minimum Gasteiger partial charge on any atom is -0.395 e. The minimum absolute atomic E-state index is 0.0666. The Morgan fingerprint density at radius 1 is 1.07 bits per heavy atom. The third kappa shape index (κ3) is 4.33. The lowest BCUT2D eigenvalue weighted by Crippen LogP contribution is -2.34. The van der Waals surface area contributed by atoms with Crippen molar-refractivity contribution in [2.45, 2.75) is 0 Å². The number of carbonyl (C=O) groups excluding carboxylic acids is 3. The fraction of sp³-hybridized carbons (Fsp3) is 0.105. The predicted molar refractivity (Wildman–Crippen MR) is 101 cm³/mol. The zero-order valence-electron chi connectivity index (χ0n) is 14.1. The molecule has 8 heteroatoms. The molecule has 0 aromatic heterocycles. The quantitative estimate of drug-likeness (QED) is 0.662. The van der Waals surface area contributed by atoms with Crippen LogP contribution in [0.2, 0.25) is 5.02 Å². The van der Waals surface area contributed by atoms with E-state index in [-0.39, 0.29) is 24.8 Å². The van der Waals surface area contributed by atoms with Gasteiger partial charge in [-0.2, -0.15) is 0 Å².